The molecule has 0 amide bonds. The first-order valence-electron chi connectivity index (χ1n) is 6.98. The van der Waals surface area contributed by atoms with Gasteiger partial charge in [-0.2, -0.15) is 13.2 Å². The van der Waals surface area contributed by atoms with Gasteiger partial charge in [0.15, 0.2) is 0 Å². The van der Waals surface area contributed by atoms with Crippen molar-refractivity contribution in [2.45, 2.75) is 37.5 Å². The summed E-state index contributed by atoms with van der Waals surface area (Å²) in [4.78, 5) is 5.46. The average molecular weight is 305 g/mol. The van der Waals surface area contributed by atoms with Gasteiger partial charge in [-0.05, 0) is 38.4 Å². The largest absolute Gasteiger partial charge is 0.401 e. The number of halogens is 4. The lowest BCUT2D eigenvalue weighted by atomic mass is 10.1. The van der Waals surface area contributed by atoms with Crippen LogP contribution in [0.1, 0.15) is 31.0 Å². The first-order chi connectivity index (χ1) is 9.89. The van der Waals surface area contributed by atoms with Gasteiger partial charge in [0, 0.05) is 12.6 Å². The third-order valence-corrected chi connectivity index (χ3v) is 3.61. The fourth-order valence-corrected chi connectivity index (χ4v) is 2.39. The van der Waals surface area contributed by atoms with Crippen LogP contribution >= 0.6 is 0 Å². The molecule has 0 saturated heterocycles. The average Bonchev–Trinajstić information content (AvgIpc) is 3.23. The zero-order valence-electron chi connectivity index (χ0n) is 11.8. The number of alkyl halides is 3. The van der Waals surface area contributed by atoms with Gasteiger partial charge in [0.25, 0.3) is 0 Å². The van der Waals surface area contributed by atoms with Crippen LogP contribution < -0.4 is 5.32 Å². The molecule has 0 spiro atoms. The van der Waals surface area contributed by atoms with Crippen LogP contribution in [0.5, 0.6) is 0 Å². The second kappa shape index (κ2) is 6.70. The lowest BCUT2D eigenvalue weighted by Crippen LogP contribution is -2.38. The van der Waals surface area contributed by atoms with E-state index in [2.05, 4.69) is 10.3 Å². The molecule has 7 heteroatoms. The minimum Gasteiger partial charge on any atom is -0.312 e. The van der Waals surface area contributed by atoms with Gasteiger partial charge in [-0.25, -0.2) is 4.39 Å². The molecule has 118 valence electrons. The molecule has 1 heterocycles. The van der Waals surface area contributed by atoms with Crippen LogP contribution in [-0.2, 0) is 0 Å². The Kier molecular flexibility index (Phi) is 5.16. The first-order valence-corrected chi connectivity index (χ1v) is 6.98. The lowest BCUT2D eigenvalue weighted by Gasteiger charge is -2.25. The molecule has 1 aliphatic carbocycles. The first kappa shape index (κ1) is 16.2. The highest BCUT2D eigenvalue weighted by Gasteiger charge is 2.37. The maximum atomic E-state index is 12.9. The quantitative estimate of drug-likeness (QED) is 0.785. The maximum Gasteiger partial charge on any atom is 0.401 e. The van der Waals surface area contributed by atoms with E-state index in [1.54, 1.807) is 13.1 Å². The van der Waals surface area contributed by atoms with Crippen molar-refractivity contribution in [1.82, 2.24) is 15.2 Å². The Balaban J connectivity index is 1.93. The van der Waals surface area contributed by atoms with E-state index in [1.165, 1.54) is 11.0 Å². The Hall–Kier alpha value is -1.21. The number of nitrogens with zero attached hydrogens (tertiary/aromatic N) is 2. The van der Waals surface area contributed by atoms with E-state index < -0.39 is 18.5 Å². The second-order valence-electron chi connectivity index (χ2n) is 5.35. The summed E-state index contributed by atoms with van der Waals surface area (Å²) in [5, 5.41) is 3.02. The normalized spacial score (nSPS) is 17.2. The zero-order chi connectivity index (χ0) is 15.5. The lowest BCUT2D eigenvalue weighted by molar-refractivity contribution is -0.147. The topological polar surface area (TPSA) is 28.2 Å². The molecule has 1 atom stereocenters. The van der Waals surface area contributed by atoms with Crippen molar-refractivity contribution in [3.05, 3.63) is 29.8 Å². The highest BCUT2D eigenvalue weighted by molar-refractivity contribution is 5.09. The molecular formula is C14H19F4N3. The molecule has 1 aromatic heterocycles. The highest BCUT2D eigenvalue weighted by atomic mass is 19.4. The summed E-state index contributed by atoms with van der Waals surface area (Å²) in [6, 6.07) is 2.73. The molecule has 0 radical (unpaired) electrons. The van der Waals surface area contributed by atoms with Gasteiger partial charge in [-0.15, -0.1) is 0 Å². The third-order valence-electron chi connectivity index (χ3n) is 3.61. The summed E-state index contributed by atoms with van der Waals surface area (Å²) < 4.78 is 50.5. The van der Waals surface area contributed by atoms with Gasteiger partial charge in [-0.1, -0.05) is 0 Å². The molecule has 0 aliphatic heterocycles. The smallest absolute Gasteiger partial charge is 0.312 e. The minimum absolute atomic E-state index is 0.0466. The van der Waals surface area contributed by atoms with Gasteiger partial charge in [0.1, 0.15) is 5.82 Å². The van der Waals surface area contributed by atoms with Gasteiger partial charge >= 0.3 is 6.18 Å². The predicted octanol–water partition coefficient (Wildman–Crippen LogP) is 2.90. The van der Waals surface area contributed by atoms with Gasteiger partial charge in [0.2, 0.25) is 0 Å². The molecule has 1 aliphatic rings. The molecule has 2 rings (SSSR count). The number of pyridine rings is 1. The Morgan fingerprint density at radius 3 is 2.57 bits per heavy atom. The number of hydrogen-bond acceptors (Lipinski definition) is 3. The summed E-state index contributed by atoms with van der Waals surface area (Å²) in [5.74, 6) is -0.426. The Labute approximate surface area is 121 Å². The van der Waals surface area contributed by atoms with Crippen LogP contribution in [0.25, 0.3) is 0 Å². The molecular weight excluding hydrogens is 286 g/mol. The van der Waals surface area contributed by atoms with Crippen molar-refractivity contribution in [3.8, 4) is 0 Å². The van der Waals surface area contributed by atoms with Crippen LogP contribution in [0.4, 0.5) is 17.6 Å². The fraction of sp³-hybridized carbons (Fsp3) is 0.643. The van der Waals surface area contributed by atoms with E-state index in [-0.39, 0.29) is 12.1 Å². The third kappa shape index (κ3) is 5.24. The minimum atomic E-state index is -4.17. The fourth-order valence-electron chi connectivity index (χ4n) is 2.39. The maximum absolute atomic E-state index is 12.9. The predicted molar refractivity (Wildman–Crippen MR) is 71.3 cm³/mol. The van der Waals surface area contributed by atoms with E-state index in [4.69, 9.17) is 0 Å². The van der Waals surface area contributed by atoms with Gasteiger partial charge in [0.05, 0.1) is 24.5 Å². The molecule has 0 aromatic carbocycles. The highest BCUT2D eigenvalue weighted by Crippen LogP contribution is 2.31. The van der Waals surface area contributed by atoms with Crippen molar-refractivity contribution in [2.75, 3.05) is 20.1 Å². The Morgan fingerprint density at radius 1 is 1.38 bits per heavy atom. The van der Waals surface area contributed by atoms with Crippen LogP contribution in [-0.4, -0.2) is 42.2 Å². The number of rotatable bonds is 7. The van der Waals surface area contributed by atoms with E-state index in [1.807, 2.05) is 0 Å². The van der Waals surface area contributed by atoms with E-state index in [0.29, 0.717) is 18.7 Å². The molecule has 0 bridgehead atoms. The monoisotopic (exact) mass is 305 g/mol. The van der Waals surface area contributed by atoms with E-state index >= 15 is 0 Å². The molecule has 1 saturated carbocycles. The number of nitrogens with one attached hydrogen (secondary N) is 1. The molecule has 1 aromatic rings. The summed E-state index contributed by atoms with van der Waals surface area (Å²) in [6.45, 7) is -0.528. The number of aromatic nitrogens is 1. The van der Waals surface area contributed by atoms with Crippen molar-refractivity contribution >= 4 is 0 Å². The van der Waals surface area contributed by atoms with Crippen LogP contribution in [0.15, 0.2) is 18.3 Å². The molecule has 21 heavy (non-hydrogen) atoms. The van der Waals surface area contributed by atoms with E-state index in [0.717, 1.165) is 19.0 Å². The standard InChI is InChI=1S/C14H19F4N3/c1-19-12(13-5-2-10(15)8-20-13)6-7-21(11-3-4-11)9-14(16,17)18/h2,5,8,11-12,19H,3-4,6-7,9H2,1H3. The summed E-state index contributed by atoms with van der Waals surface area (Å²) in [7, 11) is 1.72. The molecule has 1 unspecified atom stereocenters. The Morgan fingerprint density at radius 2 is 2.10 bits per heavy atom. The molecule has 1 N–H and O–H groups in total. The SMILES string of the molecule is CNC(CCN(CC(F)(F)F)C1CC1)c1ccc(F)cn1. The van der Waals surface area contributed by atoms with Crippen molar-refractivity contribution in [1.29, 1.82) is 0 Å². The second-order valence-corrected chi connectivity index (χ2v) is 5.35. The van der Waals surface area contributed by atoms with Gasteiger partial charge in [-0.3, -0.25) is 9.88 Å². The summed E-state index contributed by atoms with van der Waals surface area (Å²) >= 11 is 0. The van der Waals surface area contributed by atoms with Crippen LogP contribution in [0, 0.1) is 5.82 Å². The Bertz CT molecular complexity index is 443. The number of hydrogen-bond donors (Lipinski definition) is 1. The van der Waals surface area contributed by atoms with Crippen LogP contribution in [0.3, 0.4) is 0 Å². The molecule has 1 fully saturated rings. The van der Waals surface area contributed by atoms with Crippen molar-refractivity contribution < 1.29 is 17.6 Å². The molecule has 3 nitrogen and oxygen atoms in total. The van der Waals surface area contributed by atoms with Crippen molar-refractivity contribution in [2.24, 2.45) is 0 Å². The zero-order valence-corrected chi connectivity index (χ0v) is 11.8. The summed E-state index contributed by atoms with van der Waals surface area (Å²) in [6.07, 6.45) is -0.897. The van der Waals surface area contributed by atoms with Gasteiger partial charge < -0.3 is 5.32 Å². The van der Waals surface area contributed by atoms with Crippen molar-refractivity contribution in [3.63, 3.8) is 0 Å². The summed E-state index contributed by atoms with van der Waals surface area (Å²) in [5.41, 5.74) is 0.640. The van der Waals surface area contributed by atoms with Crippen LogP contribution in [0.2, 0.25) is 0 Å². The van der Waals surface area contributed by atoms with E-state index in [9.17, 15) is 17.6 Å².